The van der Waals surface area contributed by atoms with E-state index in [0.717, 1.165) is 12.1 Å². The number of amides is 1. The van der Waals surface area contributed by atoms with Crippen LogP contribution < -0.4 is 10.6 Å². The van der Waals surface area contributed by atoms with E-state index in [1.807, 2.05) is 49.2 Å². The Hall–Kier alpha value is -1.74. The molecular weight excluding hydrogens is 467 g/mol. The van der Waals surface area contributed by atoms with E-state index in [0.29, 0.717) is 29.8 Å². The third kappa shape index (κ3) is 7.65. The number of furan rings is 1. The first-order valence-electron chi connectivity index (χ1n) is 8.11. The van der Waals surface area contributed by atoms with Crippen molar-refractivity contribution in [1.82, 2.24) is 15.5 Å². The van der Waals surface area contributed by atoms with Crippen LogP contribution in [-0.4, -0.2) is 36.9 Å². The van der Waals surface area contributed by atoms with Crippen molar-refractivity contribution in [3.05, 3.63) is 59.0 Å². The van der Waals surface area contributed by atoms with E-state index in [2.05, 4.69) is 15.6 Å². The van der Waals surface area contributed by atoms with Crippen molar-refractivity contribution in [3.63, 3.8) is 0 Å². The van der Waals surface area contributed by atoms with Crippen LogP contribution in [0.3, 0.4) is 0 Å². The summed E-state index contributed by atoms with van der Waals surface area (Å²) in [5.41, 5.74) is 1.11. The Morgan fingerprint density at radius 2 is 1.96 bits per heavy atom. The Balaban J connectivity index is 0.00000338. The fraction of sp³-hybridized carbons (Fsp3) is 0.333. The number of carbonyl (C=O) groups is 1. The summed E-state index contributed by atoms with van der Waals surface area (Å²) in [4.78, 5) is 18.3. The van der Waals surface area contributed by atoms with Gasteiger partial charge in [0.2, 0.25) is 5.91 Å². The first-order chi connectivity index (χ1) is 12.1. The van der Waals surface area contributed by atoms with Crippen LogP contribution in [0.2, 0.25) is 5.02 Å². The van der Waals surface area contributed by atoms with Crippen LogP contribution >= 0.6 is 35.6 Å². The molecule has 0 atom stereocenters. The van der Waals surface area contributed by atoms with E-state index in [4.69, 9.17) is 16.0 Å². The molecular formula is C18H24ClIN4O2. The molecule has 0 bridgehead atoms. The summed E-state index contributed by atoms with van der Waals surface area (Å²) < 4.78 is 5.18. The van der Waals surface area contributed by atoms with Gasteiger partial charge < -0.3 is 20.0 Å². The summed E-state index contributed by atoms with van der Waals surface area (Å²) >= 11 is 5.91. The summed E-state index contributed by atoms with van der Waals surface area (Å²) in [7, 11) is 1.93. The SMILES string of the molecule is CCNC(=NCC(=O)NCc1ccco1)N(C)Cc1ccc(Cl)cc1.I. The van der Waals surface area contributed by atoms with Crippen molar-refractivity contribution in [2.24, 2.45) is 4.99 Å². The Morgan fingerprint density at radius 3 is 2.58 bits per heavy atom. The molecule has 2 N–H and O–H groups in total. The van der Waals surface area contributed by atoms with E-state index in [1.54, 1.807) is 12.3 Å². The number of benzene rings is 1. The maximum atomic E-state index is 11.9. The largest absolute Gasteiger partial charge is 0.467 e. The Morgan fingerprint density at radius 1 is 1.23 bits per heavy atom. The van der Waals surface area contributed by atoms with Gasteiger partial charge in [-0.05, 0) is 36.8 Å². The minimum absolute atomic E-state index is 0. The van der Waals surface area contributed by atoms with Gasteiger partial charge >= 0.3 is 0 Å². The highest BCUT2D eigenvalue weighted by Crippen LogP contribution is 2.11. The molecule has 8 heteroatoms. The Kier molecular flexibility index (Phi) is 10.1. The van der Waals surface area contributed by atoms with E-state index in [1.165, 1.54) is 0 Å². The highest BCUT2D eigenvalue weighted by molar-refractivity contribution is 14.0. The number of carbonyl (C=O) groups excluding carboxylic acids is 1. The second-order valence-corrected chi connectivity index (χ2v) is 5.95. The fourth-order valence-corrected chi connectivity index (χ4v) is 2.34. The van der Waals surface area contributed by atoms with Gasteiger partial charge in [0.1, 0.15) is 12.3 Å². The molecule has 2 aromatic rings. The summed E-state index contributed by atoms with van der Waals surface area (Å²) in [6.45, 7) is 3.78. The number of nitrogens with one attached hydrogen (secondary N) is 2. The van der Waals surface area contributed by atoms with Crippen molar-refractivity contribution < 1.29 is 9.21 Å². The van der Waals surface area contributed by atoms with Crippen LogP contribution in [0, 0.1) is 0 Å². The third-order valence-electron chi connectivity index (χ3n) is 3.44. The van der Waals surface area contributed by atoms with Gasteiger partial charge in [0.15, 0.2) is 5.96 Å². The van der Waals surface area contributed by atoms with Crippen LogP contribution in [0.1, 0.15) is 18.2 Å². The van der Waals surface area contributed by atoms with Crippen LogP contribution in [0.25, 0.3) is 0 Å². The van der Waals surface area contributed by atoms with E-state index in [9.17, 15) is 4.79 Å². The van der Waals surface area contributed by atoms with Crippen LogP contribution in [0.15, 0.2) is 52.1 Å². The number of hydrogen-bond acceptors (Lipinski definition) is 3. The lowest BCUT2D eigenvalue weighted by atomic mass is 10.2. The normalized spacial score (nSPS) is 10.8. The maximum absolute atomic E-state index is 11.9. The van der Waals surface area contributed by atoms with Gasteiger partial charge in [0.05, 0.1) is 12.8 Å². The van der Waals surface area contributed by atoms with Crippen LogP contribution in [0.4, 0.5) is 0 Å². The van der Waals surface area contributed by atoms with Gasteiger partial charge in [-0.25, -0.2) is 4.99 Å². The predicted octanol–water partition coefficient (Wildman–Crippen LogP) is 3.26. The quantitative estimate of drug-likeness (QED) is 0.355. The van der Waals surface area contributed by atoms with Gasteiger partial charge in [-0.15, -0.1) is 24.0 Å². The van der Waals surface area contributed by atoms with Gasteiger partial charge in [0.25, 0.3) is 0 Å². The van der Waals surface area contributed by atoms with Crippen molar-refractivity contribution in [1.29, 1.82) is 0 Å². The van der Waals surface area contributed by atoms with E-state index in [-0.39, 0.29) is 36.4 Å². The molecule has 1 aromatic carbocycles. The highest BCUT2D eigenvalue weighted by Gasteiger charge is 2.08. The molecule has 0 spiro atoms. The highest BCUT2D eigenvalue weighted by atomic mass is 127. The molecule has 0 aliphatic rings. The van der Waals surface area contributed by atoms with Gasteiger partial charge in [-0.3, -0.25) is 4.79 Å². The standard InChI is InChI=1S/C18H23ClN4O2.HI/c1-3-20-18(23(2)13-14-6-8-15(19)9-7-14)22-12-17(24)21-11-16-5-4-10-25-16;/h4-10H,3,11-13H2,1-2H3,(H,20,22)(H,21,24);1H. The van der Waals surface area contributed by atoms with Gasteiger partial charge in [0, 0.05) is 25.2 Å². The molecule has 1 aromatic heterocycles. The molecule has 1 heterocycles. The second kappa shape index (κ2) is 11.8. The first-order valence-corrected chi connectivity index (χ1v) is 8.49. The molecule has 0 aliphatic carbocycles. The zero-order valence-electron chi connectivity index (χ0n) is 14.9. The number of halogens is 2. The minimum atomic E-state index is -0.160. The zero-order valence-corrected chi connectivity index (χ0v) is 18.0. The van der Waals surface area contributed by atoms with Crippen molar-refractivity contribution in [2.45, 2.75) is 20.0 Å². The summed E-state index contributed by atoms with van der Waals surface area (Å²) in [5, 5.41) is 6.68. The Bertz CT molecular complexity index is 690. The maximum Gasteiger partial charge on any atom is 0.242 e. The zero-order chi connectivity index (χ0) is 18.1. The molecule has 6 nitrogen and oxygen atoms in total. The lowest BCUT2D eigenvalue weighted by molar-refractivity contribution is -0.119. The average molecular weight is 491 g/mol. The number of hydrogen-bond donors (Lipinski definition) is 2. The average Bonchev–Trinajstić information content (AvgIpc) is 3.12. The summed E-state index contributed by atoms with van der Waals surface area (Å²) in [6.07, 6.45) is 1.58. The summed E-state index contributed by atoms with van der Waals surface area (Å²) in [6, 6.07) is 11.3. The van der Waals surface area contributed by atoms with Gasteiger partial charge in [-0.2, -0.15) is 0 Å². The predicted molar refractivity (Wildman–Crippen MR) is 115 cm³/mol. The van der Waals surface area contributed by atoms with E-state index >= 15 is 0 Å². The number of rotatable bonds is 7. The Labute approximate surface area is 176 Å². The number of nitrogens with zero attached hydrogens (tertiary/aromatic N) is 2. The molecule has 1 amide bonds. The van der Waals surface area contributed by atoms with Crippen molar-refractivity contribution in [2.75, 3.05) is 20.1 Å². The summed E-state index contributed by atoms with van der Waals surface area (Å²) in [5.74, 6) is 1.22. The molecule has 0 unspecified atom stereocenters. The molecule has 0 aliphatic heterocycles. The minimum Gasteiger partial charge on any atom is -0.467 e. The molecule has 0 saturated heterocycles. The third-order valence-corrected chi connectivity index (χ3v) is 3.69. The molecule has 142 valence electrons. The smallest absolute Gasteiger partial charge is 0.242 e. The fourth-order valence-electron chi connectivity index (χ4n) is 2.21. The van der Waals surface area contributed by atoms with Crippen LogP contribution in [0.5, 0.6) is 0 Å². The molecule has 0 radical (unpaired) electrons. The lowest BCUT2D eigenvalue weighted by Gasteiger charge is -2.22. The molecule has 2 rings (SSSR count). The monoisotopic (exact) mass is 490 g/mol. The second-order valence-electron chi connectivity index (χ2n) is 5.51. The molecule has 0 fully saturated rings. The van der Waals surface area contributed by atoms with Crippen molar-refractivity contribution in [3.8, 4) is 0 Å². The number of guanidine groups is 1. The van der Waals surface area contributed by atoms with Crippen LogP contribution in [-0.2, 0) is 17.9 Å². The number of aliphatic imine (C=N–C) groups is 1. The lowest BCUT2D eigenvalue weighted by Crippen LogP contribution is -2.39. The van der Waals surface area contributed by atoms with Crippen molar-refractivity contribution >= 4 is 47.4 Å². The van der Waals surface area contributed by atoms with E-state index < -0.39 is 0 Å². The van der Waals surface area contributed by atoms with Gasteiger partial charge in [-0.1, -0.05) is 23.7 Å². The molecule has 26 heavy (non-hydrogen) atoms. The first kappa shape index (κ1) is 22.3. The molecule has 0 saturated carbocycles. The topological polar surface area (TPSA) is 69.9 Å².